The number of amides is 1. The molecule has 4 heteroatoms. The van der Waals surface area contributed by atoms with Crippen LogP contribution in [0.25, 0.3) is 0 Å². The number of hydrogen-bond acceptors (Lipinski definition) is 3. The summed E-state index contributed by atoms with van der Waals surface area (Å²) in [7, 11) is 0. The van der Waals surface area contributed by atoms with E-state index in [0.29, 0.717) is 19.1 Å². The zero-order valence-electron chi connectivity index (χ0n) is 15.7. The van der Waals surface area contributed by atoms with E-state index in [9.17, 15) is 9.90 Å². The molecule has 0 radical (unpaired) electrons. The van der Waals surface area contributed by atoms with E-state index in [0.717, 1.165) is 31.2 Å². The van der Waals surface area contributed by atoms with Gasteiger partial charge in [-0.1, -0.05) is 60.7 Å². The second kappa shape index (κ2) is 7.83. The van der Waals surface area contributed by atoms with E-state index < -0.39 is 0 Å². The van der Waals surface area contributed by atoms with Gasteiger partial charge in [-0.25, -0.2) is 0 Å². The summed E-state index contributed by atoms with van der Waals surface area (Å²) in [6.45, 7) is 1.18. The van der Waals surface area contributed by atoms with Crippen LogP contribution in [0.3, 0.4) is 0 Å². The Morgan fingerprint density at radius 3 is 2.37 bits per heavy atom. The van der Waals surface area contributed by atoms with Gasteiger partial charge < -0.3 is 10.4 Å². The number of nitrogens with one attached hydrogen (secondary N) is 1. The summed E-state index contributed by atoms with van der Waals surface area (Å²) in [6, 6.07) is 21.1. The number of aliphatic hydroxyl groups excluding tert-OH is 1. The first kappa shape index (κ1) is 18.2. The molecule has 0 aromatic heterocycles. The molecule has 2 fully saturated rings. The minimum Gasteiger partial charge on any atom is -0.396 e. The van der Waals surface area contributed by atoms with Crippen LogP contribution in [0.1, 0.15) is 30.4 Å². The van der Waals surface area contributed by atoms with Gasteiger partial charge in [0.25, 0.3) is 0 Å². The highest BCUT2D eigenvalue weighted by atomic mass is 16.3. The Balaban J connectivity index is 1.40. The molecule has 4 rings (SSSR count). The minimum absolute atomic E-state index is 0.0733. The molecule has 4 nitrogen and oxygen atoms in total. The molecule has 2 heterocycles. The number of hydrogen-bond donors (Lipinski definition) is 2. The minimum atomic E-state index is -0.121. The Morgan fingerprint density at radius 1 is 1.04 bits per heavy atom. The maximum atomic E-state index is 12.5. The van der Waals surface area contributed by atoms with Crippen LogP contribution < -0.4 is 5.32 Å². The second-order valence-electron chi connectivity index (χ2n) is 8.07. The molecular weight excluding hydrogens is 336 g/mol. The molecule has 0 aliphatic carbocycles. The Kier molecular flexibility index (Phi) is 5.28. The lowest BCUT2D eigenvalue weighted by molar-refractivity contribution is -0.123. The van der Waals surface area contributed by atoms with Crippen LogP contribution in [-0.2, 0) is 17.8 Å². The summed E-state index contributed by atoms with van der Waals surface area (Å²) in [6.07, 6.45) is 4.07. The second-order valence-corrected chi connectivity index (χ2v) is 8.07. The smallest absolute Gasteiger partial charge is 0.234 e. The van der Waals surface area contributed by atoms with Crippen LogP contribution in [0.5, 0.6) is 0 Å². The Bertz CT molecular complexity index is 764. The lowest BCUT2D eigenvalue weighted by atomic mass is 9.70. The van der Waals surface area contributed by atoms with Crippen LogP contribution in [0, 0.1) is 5.41 Å². The molecular formula is C23H28N2O2. The monoisotopic (exact) mass is 364 g/mol. The van der Waals surface area contributed by atoms with Crippen molar-refractivity contribution in [1.82, 2.24) is 10.2 Å². The summed E-state index contributed by atoms with van der Waals surface area (Å²) < 4.78 is 0. The summed E-state index contributed by atoms with van der Waals surface area (Å²) in [5.41, 5.74) is 2.26. The predicted molar refractivity (Wildman–Crippen MR) is 106 cm³/mol. The summed E-state index contributed by atoms with van der Waals surface area (Å²) in [5, 5.41) is 13.3. The molecule has 142 valence electrons. The van der Waals surface area contributed by atoms with Gasteiger partial charge in [0.1, 0.15) is 0 Å². The van der Waals surface area contributed by atoms with Crippen molar-refractivity contribution in [3.05, 3.63) is 71.8 Å². The molecule has 2 N–H and O–H groups in total. The molecule has 0 spiro atoms. The lowest BCUT2D eigenvalue weighted by Crippen LogP contribution is -2.45. The third-order valence-electron chi connectivity index (χ3n) is 6.36. The number of nitrogens with zero attached hydrogens (tertiary/aromatic N) is 1. The van der Waals surface area contributed by atoms with Crippen LogP contribution >= 0.6 is 0 Å². The third-order valence-corrected chi connectivity index (χ3v) is 6.36. The van der Waals surface area contributed by atoms with Gasteiger partial charge in [0.05, 0.1) is 13.2 Å². The number of rotatable bonds is 7. The van der Waals surface area contributed by atoms with Crippen molar-refractivity contribution in [2.45, 2.75) is 44.3 Å². The van der Waals surface area contributed by atoms with Gasteiger partial charge in [-0.2, -0.15) is 0 Å². The van der Waals surface area contributed by atoms with Crippen LogP contribution in [-0.4, -0.2) is 41.1 Å². The van der Waals surface area contributed by atoms with Crippen LogP contribution in [0.15, 0.2) is 60.7 Å². The summed E-state index contributed by atoms with van der Waals surface area (Å²) >= 11 is 0. The first-order valence-electron chi connectivity index (χ1n) is 9.91. The van der Waals surface area contributed by atoms with E-state index in [1.54, 1.807) is 0 Å². The van der Waals surface area contributed by atoms with Gasteiger partial charge in [0.2, 0.25) is 5.91 Å². The van der Waals surface area contributed by atoms with Crippen molar-refractivity contribution in [2.24, 2.45) is 5.41 Å². The fourth-order valence-electron chi connectivity index (χ4n) is 5.09. The SMILES string of the molecule is O=C(CN1[C@@H]2CC[C@H]1[C@](CO)(Cc1ccccc1)C2)NCc1ccccc1. The summed E-state index contributed by atoms with van der Waals surface area (Å²) in [4.78, 5) is 14.9. The van der Waals surface area contributed by atoms with E-state index in [4.69, 9.17) is 0 Å². The Labute approximate surface area is 161 Å². The fraction of sp³-hybridized carbons (Fsp3) is 0.435. The molecule has 2 saturated heterocycles. The van der Waals surface area contributed by atoms with Gasteiger partial charge >= 0.3 is 0 Å². The molecule has 2 aromatic rings. The molecule has 2 bridgehead atoms. The van der Waals surface area contributed by atoms with E-state index >= 15 is 0 Å². The average Bonchev–Trinajstić information content (AvgIpc) is 3.22. The van der Waals surface area contributed by atoms with Gasteiger partial charge in [-0.05, 0) is 36.8 Å². The predicted octanol–water partition coefficient (Wildman–Crippen LogP) is 2.76. The highest BCUT2D eigenvalue weighted by Crippen LogP contribution is 2.51. The topological polar surface area (TPSA) is 52.6 Å². The number of fused-ring (bicyclic) bond motifs is 2. The quantitative estimate of drug-likeness (QED) is 0.794. The Morgan fingerprint density at radius 2 is 1.70 bits per heavy atom. The molecule has 3 atom stereocenters. The molecule has 0 unspecified atom stereocenters. The number of benzene rings is 2. The molecule has 0 saturated carbocycles. The standard InChI is InChI=1S/C23H28N2O2/c26-17-23(13-18-7-3-1-4-8-18)14-20-11-12-21(23)25(20)16-22(27)24-15-19-9-5-2-6-10-19/h1-10,20-21,26H,11-17H2,(H,24,27)/t20-,21+,23-/m1/s1. The molecule has 2 aliphatic rings. The maximum Gasteiger partial charge on any atom is 0.234 e. The van der Waals surface area contributed by atoms with E-state index in [1.807, 2.05) is 36.4 Å². The summed E-state index contributed by atoms with van der Waals surface area (Å²) in [5.74, 6) is 0.0733. The molecule has 2 aromatic carbocycles. The zero-order chi connectivity index (χ0) is 18.7. The van der Waals surface area contributed by atoms with Crippen molar-refractivity contribution < 1.29 is 9.90 Å². The Hall–Kier alpha value is -2.17. The average molecular weight is 364 g/mol. The van der Waals surface area contributed by atoms with E-state index in [1.165, 1.54) is 5.56 Å². The molecule has 2 aliphatic heterocycles. The first-order chi connectivity index (χ1) is 13.2. The molecule has 1 amide bonds. The normalized spacial score (nSPS) is 27.0. The first-order valence-corrected chi connectivity index (χ1v) is 9.91. The fourth-order valence-corrected chi connectivity index (χ4v) is 5.09. The third kappa shape index (κ3) is 3.78. The lowest BCUT2D eigenvalue weighted by Gasteiger charge is -2.36. The molecule has 27 heavy (non-hydrogen) atoms. The highest BCUT2D eigenvalue weighted by Gasteiger charge is 2.55. The van der Waals surface area contributed by atoms with Crippen molar-refractivity contribution in [3.8, 4) is 0 Å². The largest absolute Gasteiger partial charge is 0.396 e. The van der Waals surface area contributed by atoms with Gasteiger partial charge in [-0.3, -0.25) is 9.69 Å². The van der Waals surface area contributed by atoms with Gasteiger partial charge in [0.15, 0.2) is 0 Å². The van der Waals surface area contributed by atoms with Crippen molar-refractivity contribution in [1.29, 1.82) is 0 Å². The van der Waals surface area contributed by atoms with E-state index in [2.05, 4.69) is 34.5 Å². The zero-order valence-corrected chi connectivity index (χ0v) is 15.7. The number of carbonyl (C=O) groups is 1. The number of carbonyl (C=O) groups excluding carboxylic acids is 1. The highest BCUT2D eigenvalue weighted by molar-refractivity contribution is 5.78. The van der Waals surface area contributed by atoms with E-state index in [-0.39, 0.29) is 24.0 Å². The van der Waals surface area contributed by atoms with Gasteiger partial charge in [-0.15, -0.1) is 0 Å². The van der Waals surface area contributed by atoms with Crippen molar-refractivity contribution in [3.63, 3.8) is 0 Å². The van der Waals surface area contributed by atoms with Gasteiger partial charge in [0, 0.05) is 24.0 Å². The van der Waals surface area contributed by atoms with Crippen LogP contribution in [0.2, 0.25) is 0 Å². The van der Waals surface area contributed by atoms with Crippen LogP contribution in [0.4, 0.5) is 0 Å². The van der Waals surface area contributed by atoms with Crippen molar-refractivity contribution >= 4 is 5.91 Å². The number of aliphatic hydroxyl groups is 1. The maximum absolute atomic E-state index is 12.5. The van der Waals surface area contributed by atoms with Crippen molar-refractivity contribution in [2.75, 3.05) is 13.2 Å².